The molecule has 2 heterocycles. The number of carbonyl (C=O) groups is 1. The molecule has 0 spiro atoms. The standard InChI is InChI=1S/C19H23N3O4/c1-12-6-8-13(9-7-12)16-5-3-4-14(26-16)11-20-17-10-15(18(23)24)21-19(22-17)25-2/h6-10,14,16H,3-5,11H2,1-2H3,(H,23,24)(H,20,21,22). The molecule has 0 bridgehead atoms. The van der Waals surface area contributed by atoms with Crippen LogP contribution in [0.15, 0.2) is 30.3 Å². The van der Waals surface area contributed by atoms with E-state index in [4.69, 9.17) is 14.6 Å². The van der Waals surface area contributed by atoms with Crippen molar-refractivity contribution in [2.75, 3.05) is 19.0 Å². The molecule has 26 heavy (non-hydrogen) atoms. The molecule has 1 aliphatic heterocycles. The summed E-state index contributed by atoms with van der Waals surface area (Å²) >= 11 is 0. The number of nitrogens with zero attached hydrogens (tertiary/aromatic N) is 2. The zero-order chi connectivity index (χ0) is 18.5. The van der Waals surface area contributed by atoms with E-state index in [9.17, 15) is 4.79 Å². The van der Waals surface area contributed by atoms with Gasteiger partial charge in [0.05, 0.1) is 19.3 Å². The van der Waals surface area contributed by atoms with Gasteiger partial charge in [0.15, 0.2) is 5.69 Å². The Kier molecular flexibility index (Phi) is 5.68. The smallest absolute Gasteiger partial charge is 0.354 e. The highest BCUT2D eigenvalue weighted by molar-refractivity contribution is 5.86. The maximum atomic E-state index is 11.2. The Morgan fingerprint density at radius 2 is 2.08 bits per heavy atom. The van der Waals surface area contributed by atoms with Crippen molar-refractivity contribution in [1.29, 1.82) is 0 Å². The summed E-state index contributed by atoms with van der Waals surface area (Å²) in [5.74, 6) is -0.711. The van der Waals surface area contributed by atoms with Crippen LogP contribution in [-0.4, -0.2) is 40.8 Å². The first-order valence-corrected chi connectivity index (χ1v) is 8.67. The second-order valence-corrected chi connectivity index (χ2v) is 6.40. The molecule has 0 saturated carbocycles. The third-order valence-electron chi connectivity index (χ3n) is 4.42. The Bertz CT molecular complexity index is 764. The van der Waals surface area contributed by atoms with Crippen LogP contribution < -0.4 is 10.1 Å². The highest BCUT2D eigenvalue weighted by Crippen LogP contribution is 2.31. The Morgan fingerprint density at radius 3 is 2.77 bits per heavy atom. The van der Waals surface area contributed by atoms with Crippen molar-refractivity contribution in [2.45, 2.75) is 38.4 Å². The number of rotatable bonds is 6. The van der Waals surface area contributed by atoms with Crippen molar-refractivity contribution in [1.82, 2.24) is 9.97 Å². The first-order chi connectivity index (χ1) is 12.5. The van der Waals surface area contributed by atoms with Crippen molar-refractivity contribution in [3.63, 3.8) is 0 Å². The lowest BCUT2D eigenvalue weighted by Crippen LogP contribution is -2.29. The van der Waals surface area contributed by atoms with Crippen molar-refractivity contribution < 1.29 is 19.4 Å². The molecule has 2 unspecified atom stereocenters. The molecule has 2 N–H and O–H groups in total. The van der Waals surface area contributed by atoms with Gasteiger partial charge in [-0.25, -0.2) is 4.79 Å². The second kappa shape index (κ2) is 8.14. The predicted octanol–water partition coefficient (Wildman–Crippen LogP) is 3.21. The number of carboxylic acids is 1. The Balaban J connectivity index is 1.63. The van der Waals surface area contributed by atoms with Gasteiger partial charge in [0.2, 0.25) is 0 Å². The summed E-state index contributed by atoms with van der Waals surface area (Å²) in [6.45, 7) is 2.61. The lowest BCUT2D eigenvalue weighted by atomic mass is 9.97. The molecule has 138 valence electrons. The molecule has 0 radical (unpaired) electrons. The van der Waals surface area contributed by atoms with Gasteiger partial charge in [-0.15, -0.1) is 0 Å². The van der Waals surface area contributed by atoms with Crippen LogP contribution in [0, 0.1) is 6.92 Å². The summed E-state index contributed by atoms with van der Waals surface area (Å²) in [4.78, 5) is 19.1. The van der Waals surface area contributed by atoms with E-state index in [0.29, 0.717) is 12.4 Å². The summed E-state index contributed by atoms with van der Waals surface area (Å²) in [7, 11) is 1.40. The number of anilines is 1. The van der Waals surface area contributed by atoms with Gasteiger partial charge < -0.3 is 19.9 Å². The monoisotopic (exact) mass is 357 g/mol. The third-order valence-corrected chi connectivity index (χ3v) is 4.42. The summed E-state index contributed by atoms with van der Waals surface area (Å²) in [6, 6.07) is 9.84. The highest BCUT2D eigenvalue weighted by Gasteiger charge is 2.24. The average Bonchev–Trinajstić information content (AvgIpc) is 2.67. The minimum Gasteiger partial charge on any atom is -0.477 e. The Morgan fingerprint density at radius 1 is 1.31 bits per heavy atom. The SMILES string of the molecule is COc1nc(NCC2CCCC(c3ccc(C)cc3)O2)cc(C(=O)O)n1. The van der Waals surface area contributed by atoms with Crippen molar-refractivity contribution in [3.05, 3.63) is 47.2 Å². The molecule has 7 nitrogen and oxygen atoms in total. The van der Waals surface area contributed by atoms with Crippen LogP contribution in [0.4, 0.5) is 5.82 Å². The number of hydrogen-bond donors (Lipinski definition) is 2. The van der Waals surface area contributed by atoms with Crippen molar-refractivity contribution in [3.8, 4) is 6.01 Å². The third kappa shape index (κ3) is 4.49. The van der Waals surface area contributed by atoms with Gasteiger partial charge in [0.25, 0.3) is 0 Å². The van der Waals surface area contributed by atoms with Gasteiger partial charge in [0.1, 0.15) is 5.82 Å². The average molecular weight is 357 g/mol. The molecule has 2 aromatic rings. The molecule has 2 atom stereocenters. The van der Waals surface area contributed by atoms with Gasteiger partial charge >= 0.3 is 12.0 Å². The van der Waals surface area contributed by atoms with E-state index in [-0.39, 0.29) is 23.9 Å². The lowest BCUT2D eigenvalue weighted by Gasteiger charge is -2.30. The molecule has 7 heteroatoms. The largest absolute Gasteiger partial charge is 0.477 e. The van der Waals surface area contributed by atoms with Crippen LogP contribution in [0.1, 0.15) is 47.0 Å². The lowest BCUT2D eigenvalue weighted by molar-refractivity contribution is -0.0442. The predicted molar refractivity (Wildman–Crippen MR) is 96.7 cm³/mol. The van der Waals surface area contributed by atoms with Crippen LogP contribution >= 0.6 is 0 Å². The van der Waals surface area contributed by atoms with Crippen LogP contribution in [0.25, 0.3) is 0 Å². The van der Waals surface area contributed by atoms with Crippen molar-refractivity contribution >= 4 is 11.8 Å². The van der Waals surface area contributed by atoms with Gasteiger partial charge in [-0.05, 0) is 31.7 Å². The van der Waals surface area contributed by atoms with E-state index in [1.165, 1.54) is 24.3 Å². The molecule has 1 saturated heterocycles. The van der Waals surface area contributed by atoms with E-state index in [2.05, 4.69) is 46.5 Å². The zero-order valence-corrected chi connectivity index (χ0v) is 14.9. The van der Waals surface area contributed by atoms with Gasteiger partial charge in [-0.3, -0.25) is 0 Å². The molecule has 0 aliphatic carbocycles. The van der Waals surface area contributed by atoms with Crippen LogP contribution in [-0.2, 0) is 4.74 Å². The molecule has 1 aliphatic rings. The number of nitrogens with one attached hydrogen (secondary N) is 1. The number of methoxy groups -OCH3 is 1. The summed E-state index contributed by atoms with van der Waals surface area (Å²) < 4.78 is 11.2. The normalized spacial score (nSPS) is 19.8. The topological polar surface area (TPSA) is 93.6 Å². The van der Waals surface area contributed by atoms with Gasteiger partial charge in [-0.1, -0.05) is 29.8 Å². The molecular formula is C19H23N3O4. The van der Waals surface area contributed by atoms with E-state index in [1.807, 2.05) is 0 Å². The number of ether oxygens (including phenoxy) is 2. The Labute approximate surface area is 152 Å². The summed E-state index contributed by atoms with van der Waals surface area (Å²) in [5, 5.41) is 12.3. The van der Waals surface area contributed by atoms with Crippen LogP contribution in [0.2, 0.25) is 0 Å². The Hall–Kier alpha value is -2.67. The molecule has 0 amide bonds. The van der Waals surface area contributed by atoms with E-state index < -0.39 is 5.97 Å². The van der Waals surface area contributed by atoms with E-state index >= 15 is 0 Å². The number of hydrogen-bond acceptors (Lipinski definition) is 6. The van der Waals surface area contributed by atoms with Gasteiger partial charge in [0, 0.05) is 12.6 Å². The van der Waals surface area contributed by atoms with E-state index in [1.54, 1.807) is 0 Å². The number of aromatic carboxylic acids is 1. The molecular weight excluding hydrogens is 334 g/mol. The zero-order valence-electron chi connectivity index (χ0n) is 14.9. The van der Waals surface area contributed by atoms with Crippen LogP contribution in [0.5, 0.6) is 6.01 Å². The maximum absolute atomic E-state index is 11.2. The minimum absolute atomic E-state index is 0.0227. The van der Waals surface area contributed by atoms with Crippen molar-refractivity contribution in [2.24, 2.45) is 0 Å². The van der Waals surface area contributed by atoms with Gasteiger partial charge in [-0.2, -0.15) is 9.97 Å². The molecule has 3 rings (SSSR count). The number of benzene rings is 1. The second-order valence-electron chi connectivity index (χ2n) is 6.40. The minimum atomic E-state index is -1.12. The molecule has 1 fully saturated rings. The first kappa shape index (κ1) is 18.1. The van der Waals surface area contributed by atoms with E-state index in [0.717, 1.165) is 19.3 Å². The molecule has 1 aromatic heterocycles. The first-order valence-electron chi connectivity index (χ1n) is 8.67. The fourth-order valence-corrected chi connectivity index (χ4v) is 3.01. The summed E-state index contributed by atoms with van der Waals surface area (Å²) in [5.41, 5.74) is 2.31. The molecule has 1 aromatic carbocycles. The number of carboxylic acid groups (broad SMARTS) is 1. The fraction of sp³-hybridized carbons (Fsp3) is 0.421. The highest BCUT2D eigenvalue weighted by atomic mass is 16.5. The maximum Gasteiger partial charge on any atom is 0.354 e. The number of aryl methyl sites for hydroxylation is 1. The number of aromatic nitrogens is 2. The quantitative estimate of drug-likeness (QED) is 0.820. The summed E-state index contributed by atoms with van der Waals surface area (Å²) in [6.07, 6.45) is 3.15. The van der Waals surface area contributed by atoms with Crippen LogP contribution in [0.3, 0.4) is 0 Å². The fourth-order valence-electron chi connectivity index (χ4n) is 3.01.